The summed E-state index contributed by atoms with van der Waals surface area (Å²) in [6.07, 6.45) is 2.59. The van der Waals surface area contributed by atoms with Gasteiger partial charge in [-0.05, 0) is 26.7 Å². The predicted octanol–water partition coefficient (Wildman–Crippen LogP) is 0.887. The quantitative estimate of drug-likeness (QED) is 0.638. The highest BCUT2D eigenvalue weighted by atomic mass is 16.3. The zero-order valence-electron chi connectivity index (χ0n) is 13.1. The molecule has 0 bridgehead atoms. The minimum Gasteiger partial charge on any atom is -0.396 e. The Hall–Kier alpha value is -1.69. The fourth-order valence-electron chi connectivity index (χ4n) is 3.11. The summed E-state index contributed by atoms with van der Waals surface area (Å²) < 4.78 is 1.60. The number of Topliss-reactive ketones (excluding diaryl/α,β-unsaturated/α-hetero) is 1. The largest absolute Gasteiger partial charge is 0.396 e. The lowest BCUT2D eigenvalue weighted by molar-refractivity contribution is -0.118. The number of aliphatic hydroxyl groups is 1. The van der Waals surface area contributed by atoms with Crippen molar-refractivity contribution in [3.63, 3.8) is 0 Å². The maximum Gasteiger partial charge on any atom is 0.292 e. The van der Waals surface area contributed by atoms with Crippen LogP contribution in [0, 0.1) is 19.3 Å². The summed E-state index contributed by atoms with van der Waals surface area (Å²) in [6.45, 7) is 5.45. The van der Waals surface area contributed by atoms with Gasteiger partial charge in [0, 0.05) is 24.2 Å². The highest BCUT2D eigenvalue weighted by Gasteiger charge is 2.40. The molecule has 0 aliphatic heterocycles. The number of aromatic nitrogens is 2. The Labute approximate surface area is 124 Å². The third-order valence-corrected chi connectivity index (χ3v) is 4.69. The number of ketones is 1. The molecule has 1 aliphatic carbocycles. The molecule has 1 fully saturated rings. The zero-order valence-corrected chi connectivity index (χ0v) is 13.1. The SMILES string of the molecule is Cc1nn(C)c(C)c1C(=O)C(=O)NC1CCCC1(C)CO. The van der Waals surface area contributed by atoms with Gasteiger partial charge in [0.05, 0.1) is 17.9 Å². The van der Waals surface area contributed by atoms with Crippen molar-refractivity contribution in [2.24, 2.45) is 12.5 Å². The number of nitrogens with one attached hydrogen (secondary N) is 1. The molecule has 116 valence electrons. The maximum absolute atomic E-state index is 12.4. The fraction of sp³-hybridized carbons (Fsp3) is 0.667. The van der Waals surface area contributed by atoms with Crippen molar-refractivity contribution in [2.75, 3.05) is 6.61 Å². The summed E-state index contributed by atoms with van der Waals surface area (Å²) in [5.41, 5.74) is 1.28. The van der Waals surface area contributed by atoms with Crippen LogP contribution in [-0.4, -0.2) is 39.2 Å². The summed E-state index contributed by atoms with van der Waals surface area (Å²) >= 11 is 0. The second kappa shape index (κ2) is 5.60. The molecule has 0 saturated heterocycles. The second-order valence-electron chi connectivity index (χ2n) is 6.23. The van der Waals surface area contributed by atoms with Crippen LogP contribution in [0.4, 0.5) is 0 Å². The van der Waals surface area contributed by atoms with Crippen LogP contribution in [0.15, 0.2) is 0 Å². The average Bonchev–Trinajstić information content (AvgIpc) is 2.91. The number of hydrogen-bond donors (Lipinski definition) is 2. The van der Waals surface area contributed by atoms with Crippen molar-refractivity contribution in [2.45, 2.75) is 46.1 Å². The molecular weight excluding hydrogens is 270 g/mol. The molecule has 2 unspecified atom stereocenters. The van der Waals surface area contributed by atoms with Gasteiger partial charge < -0.3 is 10.4 Å². The Bertz CT molecular complexity index is 579. The molecule has 1 saturated carbocycles. The van der Waals surface area contributed by atoms with Crippen LogP contribution in [0.1, 0.15) is 47.9 Å². The summed E-state index contributed by atoms with van der Waals surface area (Å²) in [6, 6.07) is -0.156. The molecule has 6 nitrogen and oxygen atoms in total. The lowest BCUT2D eigenvalue weighted by Crippen LogP contribution is -2.47. The molecular formula is C15H23N3O3. The van der Waals surface area contributed by atoms with Gasteiger partial charge in [-0.1, -0.05) is 13.3 Å². The van der Waals surface area contributed by atoms with E-state index in [2.05, 4.69) is 10.4 Å². The minimum atomic E-state index is -0.610. The van der Waals surface area contributed by atoms with Gasteiger partial charge >= 0.3 is 0 Å². The molecule has 0 aromatic carbocycles. The first kappa shape index (κ1) is 15.7. The number of aryl methyl sites for hydroxylation is 2. The fourth-order valence-corrected chi connectivity index (χ4v) is 3.11. The van der Waals surface area contributed by atoms with Crippen molar-refractivity contribution in [1.29, 1.82) is 0 Å². The van der Waals surface area contributed by atoms with Gasteiger partial charge in [0.1, 0.15) is 0 Å². The standard InChI is InChI=1S/C15H23N3O3/c1-9-12(10(2)18(4)17-9)13(20)14(21)16-11-6-5-7-15(11,3)8-19/h11,19H,5-8H2,1-4H3,(H,16,21). The molecule has 1 heterocycles. The van der Waals surface area contributed by atoms with Crippen LogP contribution >= 0.6 is 0 Å². The molecule has 1 amide bonds. The Kier molecular flexibility index (Phi) is 4.18. The van der Waals surface area contributed by atoms with Gasteiger partial charge in [-0.3, -0.25) is 14.3 Å². The van der Waals surface area contributed by atoms with E-state index in [9.17, 15) is 14.7 Å². The van der Waals surface area contributed by atoms with E-state index in [1.54, 1.807) is 25.6 Å². The number of carbonyl (C=O) groups is 2. The van der Waals surface area contributed by atoms with Crippen LogP contribution in [0.25, 0.3) is 0 Å². The van der Waals surface area contributed by atoms with E-state index in [-0.39, 0.29) is 18.1 Å². The van der Waals surface area contributed by atoms with Crippen LogP contribution in [0.5, 0.6) is 0 Å². The van der Waals surface area contributed by atoms with E-state index < -0.39 is 11.7 Å². The Morgan fingerprint density at radius 1 is 1.48 bits per heavy atom. The van der Waals surface area contributed by atoms with E-state index >= 15 is 0 Å². The van der Waals surface area contributed by atoms with E-state index in [1.807, 2.05) is 6.92 Å². The number of amides is 1. The first-order valence-electron chi connectivity index (χ1n) is 7.26. The normalized spacial score (nSPS) is 25.1. The van der Waals surface area contributed by atoms with E-state index in [4.69, 9.17) is 0 Å². The highest BCUT2D eigenvalue weighted by molar-refractivity contribution is 6.43. The van der Waals surface area contributed by atoms with Crippen LogP contribution in [0.3, 0.4) is 0 Å². The third-order valence-electron chi connectivity index (χ3n) is 4.69. The van der Waals surface area contributed by atoms with Crippen LogP contribution < -0.4 is 5.32 Å². The highest BCUT2D eigenvalue weighted by Crippen LogP contribution is 2.37. The average molecular weight is 293 g/mol. The molecule has 21 heavy (non-hydrogen) atoms. The molecule has 1 aromatic heterocycles. The van der Waals surface area contributed by atoms with Crippen molar-refractivity contribution in [1.82, 2.24) is 15.1 Å². The van der Waals surface area contributed by atoms with Crippen molar-refractivity contribution in [3.05, 3.63) is 17.0 Å². The lowest BCUT2D eigenvalue weighted by Gasteiger charge is -2.29. The number of hydrogen-bond acceptors (Lipinski definition) is 4. The summed E-state index contributed by atoms with van der Waals surface area (Å²) in [4.78, 5) is 24.6. The first-order valence-corrected chi connectivity index (χ1v) is 7.26. The molecule has 0 radical (unpaired) electrons. The maximum atomic E-state index is 12.4. The summed E-state index contributed by atoms with van der Waals surface area (Å²) in [7, 11) is 1.75. The van der Waals surface area contributed by atoms with Crippen molar-refractivity contribution < 1.29 is 14.7 Å². The number of aliphatic hydroxyl groups excluding tert-OH is 1. The van der Waals surface area contributed by atoms with E-state index in [0.717, 1.165) is 19.3 Å². The first-order chi connectivity index (χ1) is 9.80. The topological polar surface area (TPSA) is 84.2 Å². The van der Waals surface area contributed by atoms with Crippen LogP contribution in [0.2, 0.25) is 0 Å². The van der Waals surface area contributed by atoms with Gasteiger partial charge in [-0.25, -0.2) is 0 Å². The molecule has 1 aliphatic rings. The smallest absolute Gasteiger partial charge is 0.292 e. The molecule has 0 spiro atoms. The number of nitrogens with zero attached hydrogens (tertiary/aromatic N) is 2. The third kappa shape index (κ3) is 2.72. The molecule has 6 heteroatoms. The van der Waals surface area contributed by atoms with E-state index in [1.165, 1.54) is 0 Å². The molecule has 2 atom stereocenters. The monoisotopic (exact) mass is 293 g/mol. The lowest BCUT2D eigenvalue weighted by atomic mass is 9.85. The van der Waals surface area contributed by atoms with E-state index in [0.29, 0.717) is 17.0 Å². The van der Waals surface area contributed by atoms with Crippen molar-refractivity contribution >= 4 is 11.7 Å². The van der Waals surface area contributed by atoms with Gasteiger partial charge in [0.25, 0.3) is 11.7 Å². The van der Waals surface area contributed by atoms with Crippen LogP contribution in [-0.2, 0) is 11.8 Å². The predicted molar refractivity (Wildman–Crippen MR) is 78.0 cm³/mol. The molecule has 1 aromatic rings. The van der Waals surface area contributed by atoms with Gasteiger partial charge in [0.2, 0.25) is 0 Å². The Morgan fingerprint density at radius 3 is 2.67 bits per heavy atom. The zero-order chi connectivity index (χ0) is 15.8. The van der Waals surface area contributed by atoms with Crippen molar-refractivity contribution in [3.8, 4) is 0 Å². The summed E-state index contributed by atoms with van der Waals surface area (Å²) in [5.74, 6) is -1.16. The molecule has 2 N–H and O–H groups in total. The number of rotatable bonds is 4. The summed E-state index contributed by atoms with van der Waals surface area (Å²) in [5, 5.41) is 16.5. The van der Waals surface area contributed by atoms with Gasteiger partial charge in [-0.2, -0.15) is 5.10 Å². The molecule has 2 rings (SSSR count). The Morgan fingerprint density at radius 2 is 2.14 bits per heavy atom. The minimum absolute atomic E-state index is 0.0110. The Balaban J connectivity index is 2.15. The van der Waals surface area contributed by atoms with Gasteiger partial charge in [-0.15, -0.1) is 0 Å². The van der Waals surface area contributed by atoms with Gasteiger partial charge in [0.15, 0.2) is 0 Å². The second-order valence-corrected chi connectivity index (χ2v) is 6.23. The number of carbonyl (C=O) groups excluding carboxylic acids is 2.